The lowest BCUT2D eigenvalue weighted by atomic mass is 10.1. The molecular weight excluding hydrogens is 440 g/mol. The van der Waals surface area contributed by atoms with Crippen LogP contribution in [0.2, 0.25) is 0 Å². The predicted octanol–water partition coefficient (Wildman–Crippen LogP) is 4.12. The second kappa shape index (κ2) is 11.3. The molecule has 0 aliphatic heterocycles. The summed E-state index contributed by atoms with van der Waals surface area (Å²) in [5.41, 5.74) is 4.96. The lowest BCUT2D eigenvalue weighted by Crippen LogP contribution is -2.31. The SMILES string of the molecule is CCNC(=S)N/N=C\c1cc(OCC)c(OCc2ccccc2C#N)cc1Br. The lowest BCUT2D eigenvalue weighted by Gasteiger charge is -2.14. The molecule has 0 aliphatic rings. The fourth-order valence-electron chi connectivity index (χ4n) is 2.30. The molecule has 0 aliphatic carbocycles. The van der Waals surface area contributed by atoms with E-state index in [1.54, 1.807) is 12.3 Å². The van der Waals surface area contributed by atoms with Crippen LogP contribution >= 0.6 is 28.1 Å². The van der Waals surface area contributed by atoms with E-state index >= 15 is 0 Å². The van der Waals surface area contributed by atoms with E-state index in [2.05, 4.69) is 37.8 Å². The zero-order valence-electron chi connectivity index (χ0n) is 15.7. The fourth-order valence-corrected chi connectivity index (χ4v) is 2.92. The van der Waals surface area contributed by atoms with Crippen LogP contribution in [0.5, 0.6) is 11.5 Å². The van der Waals surface area contributed by atoms with Crippen molar-refractivity contribution in [2.45, 2.75) is 20.5 Å². The Bertz CT molecular complexity index is 896. The molecule has 0 fully saturated rings. The Morgan fingerprint density at radius 3 is 2.71 bits per heavy atom. The van der Waals surface area contributed by atoms with Gasteiger partial charge in [-0.25, -0.2) is 0 Å². The van der Waals surface area contributed by atoms with Crippen LogP contribution in [0.4, 0.5) is 0 Å². The first-order chi connectivity index (χ1) is 13.6. The second-order valence-electron chi connectivity index (χ2n) is 5.54. The van der Waals surface area contributed by atoms with Crippen molar-refractivity contribution in [3.05, 3.63) is 57.6 Å². The third-order valence-corrected chi connectivity index (χ3v) is 4.51. The largest absolute Gasteiger partial charge is 0.490 e. The van der Waals surface area contributed by atoms with Crippen molar-refractivity contribution in [3.63, 3.8) is 0 Å². The topological polar surface area (TPSA) is 78.7 Å². The Labute approximate surface area is 178 Å². The minimum Gasteiger partial charge on any atom is -0.490 e. The number of nitrogens with one attached hydrogen (secondary N) is 2. The van der Waals surface area contributed by atoms with Gasteiger partial charge in [-0.05, 0) is 60.2 Å². The number of thiocarbonyl (C=S) groups is 1. The Kier molecular flexibility index (Phi) is 8.72. The Morgan fingerprint density at radius 2 is 2.00 bits per heavy atom. The standard InChI is InChI=1S/C20H21BrN4O2S/c1-3-23-20(28)25-24-12-16-9-18(26-4-2)19(10-17(16)21)27-13-15-8-6-5-7-14(15)11-22/h5-10,12H,3-4,13H2,1-2H3,(H2,23,25,28)/b24-12-. The monoisotopic (exact) mass is 460 g/mol. The first-order valence-electron chi connectivity index (χ1n) is 8.73. The highest BCUT2D eigenvalue weighted by atomic mass is 79.9. The Morgan fingerprint density at radius 1 is 1.25 bits per heavy atom. The van der Waals surface area contributed by atoms with Gasteiger partial charge in [0.05, 0.1) is 24.5 Å². The number of hydrazone groups is 1. The molecule has 2 aromatic carbocycles. The molecule has 6 nitrogen and oxygen atoms in total. The van der Waals surface area contributed by atoms with E-state index in [9.17, 15) is 5.26 Å². The van der Waals surface area contributed by atoms with Crippen LogP contribution in [-0.2, 0) is 6.61 Å². The minimum atomic E-state index is 0.266. The fraction of sp³-hybridized carbons (Fsp3) is 0.250. The number of halogens is 1. The van der Waals surface area contributed by atoms with Crippen LogP contribution in [0.1, 0.15) is 30.5 Å². The third-order valence-electron chi connectivity index (χ3n) is 3.59. The summed E-state index contributed by atoms with van der Waals surface area (Å²) in [6, 6.07) is 13.2. The number of nitriles is 1. The molecule has 146 valence electrons. The molecule has 0 spiro atoms. The molecule has 0 saturated heterocycles. The maximum absolute atomic E-state index is 9.22. The van der Waals surface area contributed by atoms with Crippen molar-refractivity contribution in [2.24, 2.45) is 5.10 Å². The summed E-state index contributed by atoms with van der Waals surface area (Å²) in [5.74, 6) is 1.17. The van der Waals surface area contributed by atoms with Crippen molar-refractivity contribution in [2.75, 3.05) is 13.2 Å². The molecule has 0 bridgehead atoms. The first-order valence-corrected chi connectivity index (χ1v) is 9.93. The quantitative estimate of drug-likeness (QED) is 0.350. The van der Waals surface area contributed by atoms with Crippen LogP contribution in [-0.4, -0.2) is 24.5 Å². The average Bonchev–Trinajstić information content (AvgIpc) is 2.69. The minimum absolute atomic E-state index is 0.266. The van der Waals surface area contributed by atoms with Gasteiger partial charge >= 0.3 is 0 Å². The zero-order chi connectivity index (χ0) is 20.4. The maximum atomic E-state index is 9.22. The van der Waals surface area contributed by atoms with Crippen molar-refractivity contribution in [1.82, 2.24) is 10.7 Å². The van der Waals surface area contributed by atoms with Crippen molar-refractivity contribution >= 4 is 39.5 Å². The van der Waals surface area contributed by atoms with Crippen molar-refractivity contribution in [3.8, 4) is 17.6 Å². The van der Waals surface area contributed by atoms with Gasteiger partial charge in [0.1, 0.15) is 6.61 Å². The number of rotatable bonds is 8. The van der Waals surface area contributed by atoms with E-state index in [-0.39, 0.29) is 6.61 Å². The van der Waals surface area contributed by atoms with Gasteiger partial charge in [0.15, 0.2) is 16.6 Å². The van der Waals surface area contributed by atoms with E-state index in [4.69, 9.17) is 21.7 Å². The van der Waals surface area contributed by atoms with Crippen LogP contribution in [0, 0.1) is 11.3 Å². The van der Waals surface area contributed by atoms with Gasteiger partial charge in [-0.15, -0.1) is 0 Å². The molecule has 0 radical (unpaired) electrons. The van der Waals surface area contributed by atoms with Gasteiger partial charge in [-0.1, -0.05) is 18.2 Å². The summed E-state index contributed by atoms with van der Waals surface area (Å²) in [6.45, 7) is 5.34. The van der Waals surface area contributed by atoms with Gasteiger partial charge in [0.25, 0.3) is 0 Å². The molecule has 0 saturated carbocycles. The summed E-state index contributed by atoms with van der Waals surface area (Å²) in [5, 5.41) is 16.8. The summed E-state index contributed by atoms with van der Waals surface area (Å²) in [4.78, 5) is 0. The molecule has 8 heteroatoms. The number of hydrogen-bond donors (Lipinski definition) is 2. The first kappa shape index (κ1) is 21.7. The van der Waals surface area contributed by atoms with E-state index in [0.29, 0.717) is 28.8 Å². The van der Waals surface area contributed by atoms with Gasteiger partial charge < -0.3 is 14.8 Å². The second-order valence-corrected chi connectivity index (χ2v) is 6.80. The molecule has 2 aromatic rings. The molecule has 0 amide bonds. The zero-order valence-corrected chi connectivity index (χ0v) is 18.1. The molecule has 2 N–H and O–H groups in total. The van der Waals surface area contributed by atoms with Crippen LogP contribution in [0.25, 0.3) is 0 Å². The summed E-state index contributed by atoms with van der Waals surface area (Å²) in [6.07, 6.45) is 1.64. The third kappa shape index (κ3) is 6.22. The number of nitrogens with zero attached hydrogens (tertiary/aromatic N) is 2. The number of benzene rings is 2. The molecule has 28 heavy (non-hydrogen) atoms. The van der Waals surface area contributed by atoms with Gasteiger partial charge in [0, 0.05) is 22.1 Å². The van der Waals surface area contributed by atoms with Gasteiger partial charge in [-0.3, -0.25) is 5.43 Å². The number of ether oxygens (including phenoxy) is 2. The predicted molar refractivity (Wildman–Crippen MR) is 118 cm³/mol. The molecule has 0 atom stereocenters. The summed E-state index contributed by atoms with van der Waals surface area (Å²) in [7, 11) is 0. The summed E-state index contributed by atoms with van der Waals surface area (Å²) < 4.78 is 12.4. The normalized spacial score (nSPS) is 10.4. The van der Waals surface area contributed by atoms with Crippen LogP contribution in [0.15, 0.2) is 46.0 Å². The highest BCUT2D eigenvalue weighted by Gasteiger charge is 2.11. The van der Waals surface area contributed by atoms with E-state index in [1.165, 1.54) is 0 Å². The van der Waals surface area contributed by atoms with Crippen LogP contribution < -0.4 is 20.2 Å². The average molecular weight is 461 g/mol. The molecule has 0 unspecified atom stereocenters. The van der Waals surface area contributed by atoms with E-state index in [1.807, 2.05) is 44.2 Å². The van der Waals surface area contributed by atoms with Gasteiger partial charge in [-0.2, -0.15) is 10.4 Å². The van der Waals surface area contributed by atoms with Gasteiger partial charge in [0.2, 0.25) is 0 Å². The van der Waals surface area contributed by atoms with E-state index < -0.39 is 0 Å². The number of hydrogen-bond acceptors (Lipinski definition) is 5. The van der Waals surface area contributed by atoms with Crippen molar-refractivity contribution < 1.29 is 9.47 Å². The smallest absolute Gasteiger partial charge is 0.186 e. The lowest BCUT2D eigenvalue weighted by molar-refractivity contribution is 0.269. The van der Waals surface area contributed by atoms with E-state index in [0.717, 1.165) is 22.1 Å². The summed E-state index contributed by atoms with van der Waals surface area (Å²) >= 11 is 8.61. The molecule has 2 rings (SSSR count). The molecular formula is C20H21BrN4O2S. The van der Waals surface area contributed by atoms with Crippen molar-refractivity contribution in [1.29, 1.82) is 5.26 Å². The maximum Gasteiger partial charge on any atom is 0.186 e. The Balaban J connectivity index is 2.18. The molecule has 0 aromatic heterocycles. The highest BCUT2D eigenvalue weighted by molar-refractivity contribution is 9.10. The van der Waals surface area contributed by atoms with Crippen LogP contribution in [0.3, 0.4) is 0 Å². The molecule has 0 heterocycles. The highest BCUT2D eigenvalue weighted by Crippen LogP contribution is 2.34. The Hall–Kier alpha value is -2.63.